The van der Waals surface area contributed by atoms with Crippen molar-refractivity contribution in [3.05, 3.63) is 55.9 Å². The van der Waals surface area contributed by atoms with E-state index < -0.39 is 33.1 Å². The number of hydrogen-bond donors (Lipinski definition) is 2. The summed E-state index contributed by atoms with van der Waals surface area (Å²) in [4.78, 5) is 43.3. The number of rotatable bonds is 7. The molecule has 0 unspecified atom stereocenters. The van der Waals surface area contributed by atoms with Gasteiger partial charge in [0.05, 0.1) is 40.3 Å². The van der Waals surface area contributed by atoms with Crippen molar-refractivity contribution in [1.29, 1.82) is 0 Å². The average molecular weight is 363 g/mol. The summed E-state index contributed by atoms with van der Waals surface area (Å²) < 4.78 is 1.25. The topological polar surface area (TPSA) is 170 Å². The Bertz CT molecular complexity index is 870. The molecule has 0 bridgehead atoms. The van der Waals surface area contributed by atoms with Gasteiger partial charge >= 0.3 is 5.97 Å². The molecule has 0 fully saturated rings. The SMILES string of the molecule is Cc1c([N+](=O)[O-])cc(NC(=O)c2cnn(CCC(=O)O)c2)cc1[N+](=O)[O-]. The van der Waals surface area contributed by atoms with Crippen LogP contribution in [0.15, 0.2) is 24.5 Å². The highest BCUT2D eigenvalue weighted by Crippen LogP contribution is 2.31. The lowest BCUT2D eigenvalue weighted by molar-refractivity contribution is -0.395. The second-order valence-corrected chi connectivity index (χ2v) is 5.24. The first-order valence-electron chi connectivity index (χ1n) is 7.18. The second kappa shape index (κ2) is 7.38. The Labute approximate surface area is 145 Å². The number of carboxylic acid groups (broad SMARTS) is 1. The number of nitrogens with zero attached hydrogens (tertiary/aromatic N) is 4. The lowest BCUT2D eigenvalue weighted by Crippen LogP contribution is -2.12. The zero-order chi connectivity index (χ0) is 19.4. The summed E-state index contributed by atoms with van der Waals surface area (Å²) in [7, 11) is 0. The molecule has 1 amide bonds. The summed E-state index contributed by atoms with van der Waals surface area (Å²) in [6, 6.07) is 2.05. The number of anilines is 1. The minimum Gasteiger partial charge on any atom is -0.481 e. The van der Waals surface area contributed by atoms with Gasteiger partial charge in [-0.2, -0.15) is 5.10 Å². The van der Waals surface area contributed by atoms with Gasteiger partial charge in [0.1, 0.15) is 5.56 Å². The van der Waals surface area contributed by atoms with E-state index in [9.17, 15) is 29.8 Å². The van der Waals surface area contributed by atoms with E-state index in [0.717, 1.165) is 12.1 Å². The Kier molecular flexibility index (Phi) is 5.25. The van der Waals surface area contributed by atoms with Crippen LogP contribution in [0.5, 0.6) is 0 Å². The molecule has 2 N–H and O–H groups in total. The van der Waals surface area contributed by atoms with E-state index in [1.807, 2.05) is 0 Å². The maximum Gasteiger partial charge on any atom is 0.305 e. The number of amides is 1. The van der Waals surface area contributed by atoms with Crippen molar-refractivity contribution in [2.75, 3.05) is 5.32 Å². The van der Waals surface area contributed by atoms with Crippen molar-refractivity contribution in [3.8, 4) is 0 Å². The van der Waals surface area contributed by atoms with Crippen molar-refractivity contribution >= 4 is 28.9 Å². The Morgan fingerprint density at radius 3 is 2.31 bits per heavy atom. The van der Waals surface area contributed by atoms with Gasteiger partial charge in [-0.3, -0.25) is 34.5 Å². The fraction of sp³-hybridized carbons (Fsp3) is 0.214. The number of benzene rings is 1. The number of nitro groups is 2. The molecule has 12 heteroatoms. The van der Waals surface area contributed by atoms with Crippen molar-refractivity contribution in [2.24, 2.45) is 0 Å². The number of aliphatic carboxylic acids is 1. The fourth-order valence-corrected chi connectivity index (χ4v) is 2.15. The molecule has 26 heavy (non-hydrogen) atoms. The van der Waals surface area contributed by atoms with Crippen molar-refractivity contribution in [2.45, 2.75) is 19.9 Å². The molecule has 0 aliphatic heterocycles. The third-order valence-corrected chi connectivity index (χ3v) is 3.45. The maximum absolute atomic E-state index is 12.2. The van der Waals surface area contributed by atoms with Gasteiger partial charge in [0.15, 0.2) is 0 Å². The summed E-state index contributed by atoms with van der Waals surface area (Å²) in [5.41, 5.74) is -1.16. The van der Waals surface area contributed by atoms with Crippen LogP contribution in [-0.4, -0.2) is 36.6 Å². The van der Waals surface area contributed by atoms with Crippen LogP contribution in [0.4, 0.5) is 17.1 Å². The number of carbonyl (C=O) groups is 2. The molecule has 2 aromatic rings. The van der Waals surface area contributed by atoms with Gasteiger partial charge in [0.2, 0.25) is 0 Å². The van der Waals surface area contributed by atoms with Crippen LogP contribution >= 0.6 is 0 Å². The number of aromatic nitrogens is 2. The predicted octanol–water partition coefficient (Wildman–Crippen LogP) is 1.73. The van der Waals surface area contributed by atoms with Gasteiger partial charge in [0, 0.05) is 18.3 Å². The van der Waals surface area contributed by atoms with E-state index in [0.29, 0.717) is 0 Å². The van der Waals surface area contributed by atoms with Crippen LogP contribution in [0.1, 0.15) is 22.3 Å². The van der Waals surface area contributed by atoms with Crippen LogP contribution in [0, 0.1) is 27.2 Å². The predicted molar refractivity (Wildman–Crippen MR) is 86.9 cm³/mol. The molecule has 0 radical (unpaired) electrons. The number of hydrogen-bond acceptors (Lipinski definition) is 7. The molecule has 1 heterocycles. The van der Waals surface area contributed by atoms with Gasteiger partial charge in [-0.05, 0) is 6.92 Å². The van der Waals surface area contributed by atoms with Gasteiger partial charge < -0.3 is 10.4 Å². The highest BCUT2D eigenvalue weighted by atomic mass is 16.6. The lowest BCUT2D eigenvalue weighted by Gasteiger charge is -2.06. The molecular formula is C14H13N5O7. The summed E-state index contributed by atoms with van der Waals surface area (Å²) in [6.45, 7) is 1.30. The van der Waals surface area contributed by atoms with Crippen molar-refractivity contribution in [1.82, 2.24) is 9.78 Å². The molecule has 0 saturated heterocycles. The zero-order valence-corrected chi connectivity index (χ0v) is 13.4. The molecule has 0 spiro atoms. The van der Waals surface area contributed by atoms with Gasteiger partial charge in [-0.25, -0.2) is 0 Å². The first kappa shape index (κ1) is 18.5. The van der Waals surface area contributed by atoms with Crippen LogP contribution < -0.4 is 5.32 Å². The van der Waals surface area contributed by atoms with Crippen molar-refractivity contribution < 1.29 is 24.5 Å². The average Bonchev–Trinajstić information content (AvgIpc) is 3.03. The number of carbonyl (C=O) groups excluding carboxylic acids is 1. The van der Waals surface area contributed by atoms with E-state index >= 15 is 0 Å². The number of aryl methyl sites for hydroxylation is 1. The quantitative estimate of drug-likeness (QED) is 0.553. The van der Waals surface area contributed by atoms with E-state index in [1.165, 1.54) is 24.0 Å². The van der Waals surface area contributed by atoms with Gasteiger partial charge in [-0.1, -0.05) is 0 Å². The van der Waals surface area contributed by atoms with Gasteiger partial charge in [0.25, 0.3) is 17.3 Å². The van der Waals surface area contributed by atoms with E-state index in [1.54, 1.807) is 0 Å². The minimum atomic E-state index is -1.02. The molecule has 0 aliphatic carbocycles. The zero-order valence-electron chi connectivity index (χ0n) is 13.4. The monoisotopic (exact) mass is 363 g/mol. The largest absolute Gasteiger partial charge is 0.481 e. The Balaban J connectivity index is 2.25. The van der Waals surface area contributed by atoms with Crippen LogP contribution in [0.25, 0.3) is 0 Å². The first-order valence-corrected chi connectivity index (χ1v) is 7.18. The third-order valence-electron chi connectivity index (χ3n) is 3.45. The van der Waals surface area contributed by atoms with E-state index in [-0.39, 0.29) is 29.8 Å². The Hall–Kier alpha value is -3.83. The molecule has 2 rings (SSSR count). The fourth-order valence-electron chi connectivity index (χ4n) is 2.15. The van der Waals surface area contributed by atoms with E-state index in [2.05, 4.69) is 10.4 Å². The molecule has 12 nitrogen and oxygen atoms in total. The van der Waals surface area contributed by atoms with Crippen LogP contribution in [0.2, 0.25) is 0 Å². The number of carboxylic acids is 1. The molecule has 0 aliphatic rings. The summed E-state index contributed by atoms with van der Waals surface area (Å²) >= 11 is 0. The third kappa shape index (κ3) is 4.17. The molecule has 1 aromatic heterocycles. The Morgan fingerprint density at radius 1 is 1.23 bits per heavy atom. The summed E-state index contributed by atoms with van der Waals surface area (Å²) in [5, 5.41) is 36.9. The minimum absolute atomic E-state index is 0.0596. The van der Waals surface area contributed by atoms with Gasteiger partial charge in [-0.15, -0.1) is 0 Å². The molecule has 1 aromatic carbocycles. The molecule has 0 atom stereocenters. The second-order valence-electron chi connectivity index (χ2n) is 5.24. The molecule has 136 valence electrons. The standard InChI is InChI=1S/C14H13N5O7/c1-8-11(18(23)24)4-10(5-12(8)19(25)26)16-14(22)9-6-15-17(7-9)3-2-13(20)21/h4-7H,2-3H2,1H3,(H,16,22)(H,20,21). The van der Waals surface area contributed by atoms with E-state index in [4.69, 9.17) is 5.11 Å². The van der Waals surface area contributed by atoms with Crippen LogP contribution in [-0.2, 0) is 11.3 Å². The normalized spacial score (nSPS) is 10.3. The highest BCUT2D eigenvalue weighted by Gasteiger charge is 2.24. The van der Waals surface area contributed by atoms with Crippen LogP contribution in [0.3, 0.4) is 0 Å². The number of nitro benzene ring substituents is 2. The van der Waals surface area contributed by atoms with Crippen molar-refractivity contribution in [3.63, 3.8) is 0 Å². The number of nitrogens with one attached hydrogen (secondary N) is 1. The smallest absolute Gasteiger partial charge is 0.305 e. The molecule has 0 saturated carbocycles. The summed E-state index contributed by atoms with van der Waals surface area (Å²) in [6.07, 6.45) is 2.31. The first-order chi connectivity index (χ1) is 12.2. The summed E-state index contributed by atoms with van der Waals surface area (Å²) in [5.74, 6) is -1.72. The lowest BCUT2D eigenvalue weighted by atomic mass is 10.1. The Morgan fingerprint density at radius 2 is 1.81 bits per heavy atom. The maximum atomic E-state index is 12.2. The molecular weight excluding hydrogens is 350 g/mol. The highest BCUT2D eigenvalue weighted by molar-refractivity contribution is 6.04.